The van der Waals surface area contributed by atoms with Crippen molar-refractivity contribution >= 4 is 23.6 Å². The van der Waals surface area contributed by atoms with E-state index in [9.17, 15) is 35.9 Å². The average Bonchev–Trinajstić information content (AvgIpc) is 3.29. The predicted molar refractivity (Wildman–Crippen MR) is 126 cm³/mol. The molecule has 1 aromatic carbocycles. The van der Waals surface area contributed by atoms with Crippen molar-refractivity contribution < 1.29 is 59.3 Å². The van der Waals surface area contributed by atoms with E-state index in [-0.39, 0.29) is 35.9 Å². The number of alkyl halides is 6. The van der Waals surface area contributed by atoms with Crippen LogP contribution in [0.5, 0.6) is 11.8 Å². The van der Waals surface area contributed by atoms with Crippen molar-refractivity contribution in [3.63, 3.8) is 0 Å². The molecule has 1 aliphatic rings. The van der Waals surface area contributed by atoms with Gasteiger partial charge in [-0.3, -0.25) is 14.4 Å². The van der Waals surface area contributed by atoms with Crippen LogP contribution in [-0.4, -0.2) is 71.2 Å². The molecule has 18 heteroatoms. The molecule has 3 rings (SSSR count). The van der Waals surface area contributed by atoms with Crippen molar-refractivity contribution in [3.05, 3.63) is 34.7 Å². The van der Waals surface area contributed by atoms with Gasteiger partial charge in [0.1, 0.15) is 24.0 Å². The lowest BCUT2D eigenvalue weighted by Crippen LogP contribution is -2.52. The molecule has 0 unspecified atom stereocenters. The number of hydrogen-bond donors (Lipinski definition) is 1. The molecule has 41 heavy (non-hydrogen) atoms. The Morgan fingerprint density at radius 3 is 2.41 bits per heavy atom. The molecule has 1 N–H and O–H groups in total. The molecule has 1 aliphatic heterocycles. The molecule has 2 heterocycles. The van der Waals surface area contributed by atoms with Crippen molar-refractivity contribution in [2.45, 2.75) is 64.0 Å². The third kappa shape index (κ3) is 10.1. The molecule has 0 aliphatic carbocycles. The quantitative estimate of drug-likeness (QED) is 0.305. The highest BCUT2D eigenvalue weighted by Crippen LogP contribution is 2.34. The molecule has 2 aromatic rings. The van der Waals surface area contributed by atoms with Crippen LogP contribution >= 0.6 is 11.6 Å². The van der Waals surface area contributed by atoms with E-state index in [1.165, 1.54) is 11.0 Å². The lowest BCUT2D eigenvalue weighted by atomic mass is 9.98. The van der Waals surface area contributed by atoms with Gasteiger partial charge in [-0.25, -0.2) is 4.79 Å². The maximum atomic E-state index is 13.0. The number of nitrogens with zero attached hydrogens (tertiary/aromatic N) is 3. The van der Waals surface area contributed by atoms with E-state index in [0.717, 1.165) is 12.1 Å². The van der Waals surface area contributed by atoms with Crippen molar-refractivity contribution in [2.75, 3.05) is 19.8 Å². The van der Waals surface area contributed by atoms with E-state index >= 15 is 0 Å². The van der Waals surface area contributed by atoms with Crippen LogP contribution in [-0.2, 0) is 9.47 Å². The zero-order chi connectivity index (χ0) is 30.6. The number of carbonyl (C=O) groups excluding carboxylic acids is 2. The van der Waals surface area contributed by atoms with Crippen LogP contribution in [0.2, 0.25) is 5.02 Å². The number of benzene rings is 1. The van der Waals surface area contributed by atoms with Crippen LogP contribution in [0.15, 0.2) is 22.6 Å². The second kappa shape index (κ2) is 12.6. The van der Waals surface area contributed by atoms with E-state index < -0.39 is 67.4 Å². The number of rotatable bonds is 8. The van der Waals surface area contributed by atoms with Gasteiger partial charge >= 0.3 is 24.9 Å². The molecular weight excluding hydrogens is 594 g/mol. The molecule has 2 amide bonds. The Labute approximate surface area is 234 Å². The number of aromatic nitrogens is 2. The fraction of sp³-hybridized carbons (Fsp3) is 0.565. The van der Waals surface area contributed by atoms with Crippen LogP contribution in [0.1, 0.15) is 55.9 Å². The average molecular weight is 619 g/mol. The predicted octanol–water partition coefficient (Wildman–Crippen LogP) is 5.41. The first-order valence-corrected chi connectivity index (χ1v) is 12.3. The lowest BCUT2D eigenvalue weighted by molar-refractivity contribution is -0.325. The Bertz CT molecular complexity index is 1220. The molecule has 1 saturated heterocycles. The molecule has 0 spiro atoms. The first kappa shape index (κ1) is 32.0. The SMILES string of the molecule is CC(C)(C)OC(=O)N1C[C@@H](NC(=O)c2ccc(Cl)c(OC(F)(F)F)c2)CC[C@@H]1c1nnc(OCCOC(F)(F)F)o1. The van der Waals surface area contributed by atoms with E-state index in [2.05, 4.69) is 25.0 Å². The van der Waals surface area contributed by atoms with Crippen molar-refractivity contribution in [3.8, 4) is 11.8 Å². The molecular formula is C23H25ClF6N4O7. The Hall–Kier alpha value is -3.47. The Morgan fingerprint density at radius 2 is 1.78 bits per heavy atom. The summed E-state index contributed by atoms with van der Waals surface area (Å²) in [5, 5.41) is 9.73. The zero-order valence-electron chi connectivity index (χ0n) is 21.8. The molecule has 2 atom stereocenters. The highest BCUT2D eigenvalue weighted by Gasteiger charge is 2.39. The summed E-state index contributed by atoms with van der Waals surface area (Å²) >= 11 is 5.74. The van der Waals surface area contributed by atoms with Gasteiger partial charge in [0.05, 0.1) is 11.6 Å². The Balaban J connectivity index is 1.71. The summed E-state index contributed by atoms with van der Waals surface area (Å²) in [6.07, 6.45) is -10.7. The van der Waals surface area contributed by atoms with Gasteiger partial charge in [0, 0.05) is 18.2 Å². The van der Waals surface area contributed by atoms with Gasteiger partial charge in [-0.2, -0.15) is 0 Å². The van der Waals surface area contributed by atoms with Gasteiger partial charge in [-0.05, 0) is 51.8 Å². The lowest BCUT2D eigenvalue weighted by Gasteiger charge is -2.38. The van der Waals surface area contributed by atoms with Gasteiger partial charge in [0.2, 0.25) is 5.89 Å². The maximum Gasteiger partial charge on any atom is 0.573 e. The fourth-order valence-corrected chi connectivity index (χ4v) is 3.84. The number of nitrogens with one attached hydrogen (secondary N) is 1. The van der Waals surface area contributed by atoms with E-state index in [1.807, 2.05) is 0 Å². The normalized spacial score (nSPS) is 18.1. The number of piperidine rings is 1. The Kier molecular flexibility index (Phi) is 9.84. The number of carbonyl (C=O) groups is 2. The van der Waals surface area contributed by atoms with Gasteiger partial charge < -0.3 is 23.9 Å². The topological polar surface area (TPSA) is 125 Å². The second-order valence-electron chi connectivity index (χ2n) is 9.64. The molecule has 1 fully saturated rings. The number of likely N-dealkylation sites (tertiary alicyclic amines) is 1. The first-order chi connectivity index (χ1) is 18.9. The highest BCUT2D eigenvalue weighted by atomic mass is 35.5. The number of ether oxygens (including phenoxy) is 4. The summed E-state index contributed by atoms with van der Waals surface area (Å²) in [6, 6.07) is 1.59. The fourth-order valence-electron chi connectivity index (χ4n) is 3.68. The van der Waals surface area contributed by atoms with E-state index in [1.54, 1.807) is 20.8 Å². The third-order valence-electron chi connectivity index (χ3n) is 5.25. The van der Waals surface area contributed by atoms with Crippen LogP contribution in [0.25, 0.3) is 0 Å². The minimum absolute atomic E-state index is 0.0981. The second-order valence-corrected chi connectivity index (χ2v) is 10.0. The summed E-state index contributed by atoms with van der Waals surface area (Å²) < 4.78 is 97.6. The highest BCUT2D eigenvalue weighted by molar-refractivity contribution is 6.32. The number of halogens is 7. The van der Waals surface area contributed by atoms with Crippen LogP contribution < -0.4 is 14.8 Å². The maximum absolute atomic E-state index is 13.0. The van der Waals surface area contributed by atoms with Crippen LogP contribution in [0, 0.1) is 0 Å². The van der Waals surface area contributed by atoms with Gasteiger partial charge in [0.15, 0.2) is 0 Å². The third-order valence-corrected chi connectivity index (χ3v) is 5.56. The monoisotopic (exact) mass is 618 g/mol. The van der Waals surface area contributed by atoms with Crippen molar-refractivity contribution in [1.82, 2.24) is 20.4 Å². The summed E-state index contributed by atoms with van der Waals surface area (Å²) in [5.74, 6) is -1.61. The largest absolute Gasteiger partial charge is 0.573 e. The molecule has 0 bridgehead atoms. The summed E-state index contributed by atoms with van der Waals surface area (Å²) in [5.41, 5.74) is -1.08. The van der Waals surface area contributed by atoms with Gasteiger partial charge in [-0.15, -0.1) is 31.4 Å². The van der Waals surface area contributed by atoms with Gasteiger partial charge in [-0.1, -0.05) is 16.7 Å². The van der Waals surface area contributed by atoms with E-state index in [0.29, 0.717) is 0 Å². The van der Waals surface area contributed by atoms with Crippen molar-refractivity contribution in [1.29, 1.82) is 0 Å². The zero-order valence-corrected chi connectivity index (χ0v) is 22.5. The van der Waals surface area contributed by atoms with Crippen LogP contribution in [0.3, 0.4) is 0 Å². The van der Waals surface area contributed by atoms with E-state index in [4.69, 9.17) is 25.5 Å². The summed E-state index contributed by atoms with van der Waals surface area (Å²) in [6.45, 7) is 3.40. The minimum atomic E-state index is -5.03. The smallest absolute Gasteiger partial charge is 0.447 e. The minimum Gasteiger partial charge on any atom is -0.447 e. The first-order valence-electron chi connectivity index (χ1n) is 11.9. The van der Waals surface area contributed by atoms with Gasteiger partial charge in [0.25, 0.3) is 5.91 Å². The molecule has 0 saturated carbocycles. The summed E-state index contributed by atoms with van der Waals surface area (Å²) in [4.78, 5) is 27.1. The van der Waals surface area contributed by atoms with Crippen molar-refractivity contribution in [2.24, 2.45) is 0 Å². The van der Waals surface area contributed by atoms with Crippen LogP contribution in [0.4, 0.5) is 31.1 Å². The standard InChI is InChI=1S/C23H25ClF6N4O7/c1-21(2,3)41-20(36)34-11-13(31-17(35)12-4-6-14(24)16(10-12)40-23(28,29)30)5-7-15(34)18-32-33-19(39-18)37-8-9-38-22(25,26)27/h4,6,10,13,15H,5,7-9,11H2,1-3H3,(H,31,35)/t13-,15+/m0/s1. The molecule has 228 valence electrons. The number of hydrogen-bond acceptors (Lipinski definition) is 9. The molecule has 0 radical (unpaired) electrons. The Morgan fingerprint density at radius 1 is 1.07 bits per heavy atom. The molecule has 1 aromatic heterocycles. The summed E-state index contributed by atoms with van der Waals surface area (Å²) in [7, 11) is 0. The molecule has 11 nitrogen and oxygen atoms in total. The number of amides is 2.